The molecule has 0 radical (unpaired) electrons. The summed E-state index contributed by atoms with van der Waals surface area (Å²) in [5.41, 5.74) is 0. The van der Waals surface area contributed by atoms with E-state index < -0.39 is 0 Å². The molecule has 0 amide bonds. The summed E-state index contributed by atoms with van der Waals surface area (Å²) in [5.74, 6) is 3.22. The zero-order valence-electron chi connectivity index (χ0n) is 17.5. The Kier molecular flexibility index (Phi) is 7.84. The molecular formula is C22H36N4O3. The molecule has 1 aromatic heterocycles. The van der Waals surface area contributed by atoms with Crippen molar-refractivity contribution in [2.75, 3.05) is 59.2 Å². The van der Waals surface area contributed by atoms with E-state index in [1.54, 1.807) is 6.26 Å². The minimum atomic E-state index is 0.487. The van der Waals surface area contributed by atoms with Crippen molar-refractivity contribution in [1.29, 1.82) is 0 Å². The molecule has 0 saturated carbocycles. The Balaban J connectivity index is 1.23. The maximum Gasteiger partial charge on any atom is 0.191 e. The lowest BCUT2D eigenvalue weighted by Gasteiger charge is -2.34. The van der Waals surface area contributed by atoms with Crippen molar-refractivity contribution in [3.8, 4) is 0 Å². The van der Waals surface area contributed by atoms with E-state index >= 15 is 0 Å². The van der Waals surface area contributed by atoms with Crippen molar-refractivity contribution in [2.45, 2.75) is 38.1 Å². The molecule has 4 heterocycles. The molecule has 0 aliphatic carbocycles. The first-order valence-electron chi connectivity index (χ1n) is 11.3. The SMILES string of the molecule is c1coc(CCNC(=NCC2CCOC2)NC2CCN(CC3CCOC3)CC2)c1. The maximum atomic E-state index is 5.53. The van der Waals surface area contributed by atoms with Gasteiger partial charge < -0.3 is 29.4 Å². The number of furan rings is 1. The summed E-state index contributed by atoms with van der Waals surface area (Å²) < 4.78 is 16.5. The van der Waals surface area contributed by atoms with E-state index in [1.165, 1.54) is 25.8 Å². The van der Waals surface area contributed by atoms with Crippen molar-refractivity contribution in [3.63, 3.8) is 0 Å². The topological polar surface area (TPSA) is 71.3 Å². The summed E-state index contributed by atoms with van der Waals surface area (Å²) in [7, 11) is 0. The van der Waals surface area contributed by atoms with Crippen LogP contribution >= 0.6 is 0 Å². The van der Waals surface area contributed by atoms with Crippen LogP contribution in [0, 0.1) is 11.8 Å². The lowest BCUT2D eigenvalue weighted by atomic mass is 10.0. The Morgan fingerprint density at radius 2 is 1.86 bits per heavy atom. The van der Waals surface area contributed by atoms with Gasteiger partial charge in [-0.3, -0.25) is 4.99 Å². The van der Waals surface area contributed by atoms with E-state index in [4.69, 9.17) is 18.9 Å². The summed E-state index contributed by atoms with van der Waals surface area (Å²) in [4.78, 5) is 7.48. The second-order valence-corrected chi connectivity index (χ2v) is 8.62. The van der Waals surface area contributed by atoms with Crippen LogP contribution in [-0.4, -0.2) is 76.1 Å². The van der Waals surface area contributed by atoms with Crippen LogP contribution in [0.25, 0.3) is 0 Å². The van der Waals surface area contributed by atoms with Gasteiger partial charge in [0.15, 0.2) is 5.96 Å². The van der Waals surface area contributed by atoms with Gasteiger partial charge in [-0.25, -0.2) is 0 Å². The monoisotopic (exact) mass is 404 g/mol. The summed E-state index contributed by atoms with van der Waals surface area (Å²) in [5, 5.41) is 7.20. The minimum absolute atomic E-state index is 0.487. The van der Waals surface area contributed by atoms with Gasteiger partial charge in [0.25, 0.3) is 0 Å². The fourth-order valence-corrected chi connectivity index (χ4v) is 4.40. The second-order valence-electron chi connectivity index (χ2n) is 8.62. The Hall–Kier alpha value is -1.57. The molecule has 3 aliphatic heterocycles. The average Bonchev–Trinajstić information content (AvgIpc) is 3.51. The van der Waals surface area contributed by atoms with Gasteiger partial charge >= 0.3 is 0 Å². The lowest BCUT2D eigenvalue weighted by molar-refractivity contribution is 0.150. The average molecular weight is 405 g/mol. The van der Waals surface area contributed by atoms with Crippen molar-refractivity contribution in [3.05, 3.63) is 24.2 Å². The molecule has 0 spiro atoms. The number of piperidine rings is 1. The van der Waals surface area contributed by atoms with E-state index in [9.17, 15) is 0 Å². The van der Waals surface area contributed by atoms with Gasteiger partial charge in [-0.05, 0) is 43.7 Å². The van der Waals surface area contributed by atoms with E-state index in [0.717, 1.165) is 83.1 Å². The third-order valence-corrected chi connectivity index (χ3v) is 6.24. The number of hydrogen-bond acceptors (Lipinski definition) is 5. The van der Waals surface area contributed by atoms with Crippen LogP contribution in [0.1, 0.15) is 31.4 Å². The first-order chi connectivity index (χ1) is 14.3. The highest BCUT2D eigenvalue weighted by Gasteiger charge is 2.24. The Morgan fingerprint density at radius 3 is 2.55 bits per heavy atom. The first-order valence-corrected chi connectivity index (χ1v) is 11.3. The molecule has 7 nitrogen and oxygen atoms in total. The molecule has 2 N–H and O–H groups in total. The highest BCUT2D eigenvalue weighted by molar-refractivity contribution is 5.80. The molecule has 2 unspecified atom stereocenters. The predicted octanol–water partition coefficient (Wildman–Crippen LogP) is 1.89. The van der Waals surface area contributed by atoms with E-state index in [-0.39, 0.29) is 0 Å². The van der Waals surface area contributed by atoms with Gasteiger partial charge in [0.05, 0.1) is 19.5 Å². The summed E-state index contributed by atoms with van der Waals surface area (Å²) >= 11 is 0. The second kappa shape index (κ2) is 11.0. The van der Waals surface area contributed by atoms with E-state index in [0.29, 0.717) is 12.0 Å². The van der Waals surface area contributed by atoms with Crippen molar-refractivity contribution < 1.29 is 13.9 Å². The van der Waals surface area contributed by atoms with Crippen LogP contribution in [0.4, 0.5) is 0 Å². The van der Waals surface area contributed by atoms with Gasteiger partial charge in [0.1, 0.15) is 5.76 Å². The van der Waals surface area contributed by atoms with E-state index in [1.807, 2.05) is 12.1 Å². The largest absolute Gasteiger partial charge is 0.469 e. The quantitative estimate of drug-likeness (QED) is 0.509. The van der Waals surface area contributed by atoms with Crippen LogP contribution in [0.2, 0.25) is 0 Å². The third-order valence-electron chi connectivity index (χ3n) is 6.24. The molecular weight excluding hydrogens is 368 g/mol. The van der Waals surface area contributed by atoms with Gasteiger partial charge in [0, 0.05) is 64.3 Å². The number of hydrogen-bond donors (Lipinski definition) is 2. The van der Waals surface area contributed by atoms with Crippen LogP contribution in [0.5, 0.6) is 0 Å². The fourth-order valence-electron chi connectivity index (χ4n) is 4.40. The highest BCUT2D eigenvalue weighted by atomic mass is 16.5. The molecule has 3 fully saturated rings. The molecule has 3 aliphatic rings. The number of ether oxygens (including phenoxy) is 2. The fraction of sp³-hybridized carbons (Fsp3) is 0.773. The van der Waals surface area contributed by atoms with Gasteiger partial charge in [-0.2, -0.15) is 0 Å². The number of guanidine groups is 1. The molecule has 0 bridgehead atoms. The molecule has 4 rings (SSSR count). The highest BCUT2D eigenvalue weighted by Crippen LogP contribution is 2.18. The normalized spacial score (nSPS) is 26.8. The zero-order chi connectivity index (χ0) is 19.7. The molecule has 1 aromatic rings. The lowest BCUT2D eigenvalue weighted by Crippen LogP contribution is -2.49. The number of rotatable bonds is 8. The first kappa shape index (κ1) is 20.7. The summed E-state index contributed by atoms with van der Waals surface area (Å²) in [6.45, 7) is 8.76. The third kappa shape index (κ3) is 6.73. The van der Waals surface area contributed by atoms with Crippen LogP contribution < -0.4 is 10.6 Å². The minimum Gasteiger partial charge on any atom is -0.469 e. The van der Waals surface area contributed by atoms with E-state index in [2.05, 4.69) is 15.5 Å². The van der Waals surface area contributed by atoms with Gasteiger partial charge in [-0.15, -0.1) is 0 Å². The van der Waals surface area contributed by atoms with Crippen LogP contribution in [-0.2, 0) is 15.9 Å². The Bertz CT molecular complexity index is 602. The van der Waals surface area contributed by atoms with Gasteiger partial charge in [-0.1, -0.05) is 0 Å². The number of nitrogens with one attached hydrogen (secondary N) is 2. The maximum absolute atomic E-state index is 5.53. The standard InChI is InChI=1S/C22H36N4O3/c1-2-21(29-11-1)3-8-23-22(24-14-18-6-12-27-16-18)25-20-4-9-26(10-5-20)15-19-7-13-28-17-19/h1-2,11,18-20H,3-10,12-17H2,(H2,23,24,25). The van der Waals surface area contributed by atoms with Crippen molar-refractivity contribution in [1.82, 2.24) is 15.5 Å². The number of nitrogens with zero attached hydrogens (tertiary/aromatic N) is 2. The van der Waals surface area contributed by atoms with Crippen LogP contribution in [0.15, 0.2) is 27.8 Å². The Labute approximate surface area is 174 Å². The summed E-state index contributed by atoms with van der Waals surface area (Å²) in [6, 6.07) is 4.45. The van der Waals surface area contributed by atoms with Gasteiger partial charge in [0.2, 0.25) is 0 Å². The molecule has 7 heteroatoms. The smallest absolute Gasteiger partial charge is 0.191 e. The molecule has 2 atom stereocenters. The van der Waals surface area contributed by atoms with Crippen molar-refractivity contribution in [2.24, 2.45) is 16.8 Å². The number of aliphatic imine (C=N–C) groups is 1. The molecule has 29 heavy (non-hydrogen) atoms. The zero-order valence-corrected chi connectivity index (χ0v) is 17.5. The van der Waals surface area contributed by atoms with Crippen molar-refractivity contribution >= 4 is 5.96 Å². The molecule has 0 aromatic carbocycles. The Morgan fingerprint density at radius 1 is 1.07 bits per heavy atom. The number of likely N-dealkylation sites (tertiary alicyclic amines) is 1. The predicted molar refractivity (Wildman–Crippen MR) is 113 cm³/mol. The molecule has 3 saturated heterocycles. The summed E-state index contributed by atoms with van der Waals surface area (Å²) in [6.07, 6.45) is 7.26. The molecule has 162 valence electrons. The van der Waals surface area contributed by atoms with Crippen LogP contribution in [0.3, 0.4) is 0 Å².